The van der Waals surface area contributed by atoms with E-state index in [0.29, 0.717) is 11.7 Å². The van der Waals surface area contributed by atoms with E-state index in [4.69, 9.17) is 17.4 Å². The Hall–Kier alpha value is -2.03. The third kappa shape index (κ3) is 5.22. The van der Waals surface area contributed by atoms with E-state index in [9.17, 15) is 12.8 Å². The van der Waals surface area contributed by atoms with Crippen LogP contribution in [0.5, 0.6) is 0 Å². The molecule has 5 nitrogen and oxygen atoms in total. The summed E-state index contributed by atoms with van der Waals surface area (Å²) < 4.78 is 35.5. The number of sulfonamides is 1. The predicted molar refractivity (Wildman–Crippen MR) is 99.8 cm³/mol. The lowest BCUT2D eigenvalue weighted by molar-refractivity contribution is 0.395. The molecular weight excluding hydrogens is 361 g/mol. The molecule has 0 heterocycles. The largest absolute Gasteiger partial charge is 0.358 e. The Morgan fingerprint density at radius 1 is 1.20 bits per heavy atom. The van der Waals surface area contributed by atoms with E-state index in [2.05, 4.69) is 5.32 Å². The zero-order valence-electron chi connectivity index (χ0n) is 13.9. The summed E-state index contributed by atoms with van der Waals surface area (Å²) in [6.07, 6.45) is 0. The lowest BCUT2D eigenvalue weighted by Crippen LogP contribution is -2.38. The molecule has 3 N–H and O–H groups in total. The van der Waals surface area contributed by atoms with Gasteiger partial charge in [-0.1, -0.05) is 24.3 Å². The standard InChI is InChI=1S/C17H20FN3O2S2/c1-12(14-5-9-16(10-6-14)25(19,22)23)21(2)17(24)20-11-13-3-7-15(18)8-4-13/h3-10,12H,11H2,1-2H3,(H,20,24)(H2,19,22,23)/t12-/m0/s1. The molecule has 1 atom stereocenters. The van der Waals surface area contributed by atoms with E-state index in [1.807, 2.05) is 18.9 Å². The molecule has 0 aliphatic rings. The number of rotatable bonds is 5. The van der Waals surface area contributed by atoms with Crippen molar-refractivity contribution in [2.45, 2.75) is 24.4 Å². The Balaban J connectivity index is 1.99. The number of primary sulfonamides is 1. The second-order valence-corrected chi connectivity index (χ2v) is 7.63. The van der Waals surface area contributed by atoms with Crippen molar-refractivity contribution in [3.8, 4) is 0 Å². The fraction of sp³-hybridized carbons (Fsp3) is 0.235. The molecule has 0 saturated carbocycles. The smallest absolute Gasteiger partial charge is 0.238 e. The first-order valence-corrected chi connectivity index (χ1v) is 9.52. The molecule has 0 aliphatic heterocycles. The predicted octanol–water partition coefficient (Wildman–Crippen LogP) is 2.54. The van der Waals surface area contributed by atoms with E-state index in [1.165, 1.54) is 24.3 Å². The molecule has 134 valence electrons. The maximum atomic E-state index is 12.9. The summed E-state index contributed by atoms with van der Waals surface area (Å²) in [6, 6.07) is 12.5. The lowest BCUT2D eigenvalue weighted by Gasteiger charge is -2.28. The molecule has 2 aromatic carbocycles. The van der Waals surface area contributed by atoms with Crippen molar-refractivity contribution in [2.24, 2.45) is 5.14 Å². The summed E-state index contributed by atoms with van der Waals surface area (Å²) >= 11 is 5.39. The van der Waals surface area contributed by atoms with Crippen LogP contribution >= 0.6 is 12.2 Å². The van der Waals surface area contributed by atoms with Crippen LogP contribution in [-0.4, -0.2) is 25.5 Å². The molecule has 8 heteroatoms. The highest BCUT2D eigenvalue weighted by Gasteiger charge is 2.15. The molecule has 0 saturated heterocycles. The zero-order valence-corrected chi connectivity index (χ0v) is 15.6. The minimum atomic E-state index is -3.70. The van der Waals surface area contributed by atoms with E-state index in [0.717, 1.165) is 11.1 Å². The van der Waals surface area contributed by atoms with Gasteiger partial charge < -0.3 is 10.2 Å². The molecule has 0 fully saturated rings. The highest BCUT2D eigenvalue weighted by molar-refractivity contribution is 7.89. The topological polar surface area (TPSA) is 75.4 Å². The number of hydrogen-bond acceptors (Lipinski definition) is 3. The molecule has 0 aliphatic carbocycles. The first-order chi connectivity index (χ1) is 11.7. The van der Waals surface area contributed by atoms with Crippen molar-refractivity contribution >= 4 is 27.4 Å². The van der Waals surface area contributed by atoms with E-state index in [1.54, 1.807) is 24.3 Å². The van der Waals surface area contributed by atoms with Gasteiger partial charge >= 0.3 is 0 Å². The molecule has 2 aromatic rings. The minimum absolute atomic E-state index is 0.0669. The average Bonchev–Trinajstić information content (AvgIpc) is 2.59. The van der Waals surface area contributed by atoms with Crippen molar-refractivity contribution in [1.82, 2.24) is 10.2 Å². The normalized spacial score (nSPS) is 12.5. The van der Waals surface area contributed by atoms with Gasteiger partial charge in [0.1, 0.15) is 5.82 Å². The number of nitrogens with two attached hydrogens (primary N) is 1. The van der Waals surface area contributed by atoms with Crippen molar-refractivity contribution in [1.29, 1.82) is 0 Å². The number of thiocarbonyl (C=S) groups is 1. The summed E-state index contributed by atoms with van der Waals surface area (Å²) in [6.45, 7) is 2.44. The third-order valence-electron chi connectivity index (χ3n) is 3.95. The highest BCUT2D eigenvalue weighted by Crippen LogP contribution is 2.20. The zero-order chi connectivity index (χ0) is 18.6. The van der Waals surface area contributed by atoms with Crippen LogP contribution in [0.4, 0.5) is 4.39 Å². The van der Waals surface area contributed by atoms with Gasteiger partial charge in [0.25, 0.3) is 0 Å². The van der Waals surface area contributed by atoms with Gasteiger partial charge in [0, 0.05) is 13.6 Å². The second-order valence-electron chi connectivity index (χ2n) is 5.69. The van der Waals surface area contributed by atoms with Gasteiger partial charge in [0.05, 0.1) is 10.9 Å². The van der Waals surface area contributed by atoms with Crippen LogP contribution in [-0.2, 0) is 16.6 Å². The van der Waals surface area contributed by atoms with Crippen LogP contribution in [0.3, 0.4) is 0 Å². The quantitative estimate of drug-likeness (QED) is 0.779. The SMILES string of the molecule is C[C@@H](c1ccc(S(N)(=O)=O)cc1)N(C)C(=S)NCc1ccc(F)cc1. The highest BCUT2D eigenvalue weighted by atomic mass is 32.2. The fourth-order valence-electron chi connectivity index (χ4n) is 2.24. The summed E-state index contributed by atoms with van der Waals surface area (Å²) in [7, 11) is -1.86. The van der Waals surface area contributed by atoms with Crippen LogP contribution in [0.25, 0.3) is 0 Å². The number of nitrogens with zero attached hydrogens (tertiary/aromatic N) is 1. The van der Waals surface area contributed by atoms with Crippen LogP contribution < -0.4 is 10.5 Å². The maximum Gasteiger partial charge on any atom is 0.238 e. The van der Waals surface area contributed by atoms with Crippen molar-refractivity contribution < 1.29 is 12.8 Å². The molecule has 0 spiro atoms. The Morgan fingerprint density at radius 2 is 1.76 bits per heavy atom. The Morgan fingerprint density at radius 3 is 2.28 bits per heavy atom. The first kappa shape index (κ1) is 19.3. The molecule has 25 heavy (non-hydrogen) atoms. The maximum absolute atomic E-state index is 12.9. The summed E-state index contributed by atoms with van der Waals surface area (Å²) in [4.78, 5) is 1.94. The van der Waals surface area contributed by atoms with Crippen molar-refractivity contribution in [3.05, 3.63) is 65.5 Å². The molecule has 0 unspecified atom stereocenters. The average molecular weight is 381 g/mol. The first-order valence-electron chi connectivity index (χ1n) is 7.56. The van der Waals surface area contributed by atoms with Gasteiger partial charge in [-0.05, 0) is 54.5 Å². The Bertz CT molecular complexity index is 837. The van der Waals surface area contributed by atoms with E-state index >= 15 is 0 Å². The van der Waals surface area contributed by atoms with E-state index in [-0.39, 0.29) is 16.8 Å². The van der Waals surface area contributed by atoms with Crippen LogP contribution in [0.15, 0.2) is 53.4 Å². The second kappa shape index (κ2) is 7.90. The molecule has 0 amide bonds. The van der Waals surface area contributed by atoms with Gasteiger partial charge in [-0.25, -0.2) is 17.9 Å². The lowest BCUT2D eigenvalue weighted by atomic mass is 10.1. The Kier molecular flexibility index (Phi) is 6.10. The van der Waals surface area contributed by atoms with Crippen molar-refractivity contribution in [3.63, 3.8) is 0 Å². The van der Waals surface area contributed by atoms with Gasteiger partial charge in [-0.2, -0.15) is 0 Å². The number of halogens is 1. The number of benzene rings is 2. The number of hydrogen-bond donors (Lipinski definition) is 2. The monoisotopic (exact) mass is 381 g/mol. The fourth-order valence-corrected chi connectivity index (χ4v) is 2.99. The minimum Gasteiger partial charge on any atom is -0.358 e. The third-order valence-corrected chi connectivity index (χ3v) is 5.31. The molecule has 0 bridgehead atoms. The van der Waals surface area contributed by atoms with Crippen LogP contribution in [0, 0.1) is 5.82 Å². The van der Waals surface area contributed by atoms with Crippen molar-refractivity contribution in [2.75, 3.05) is 7.05 Å². The molecular formula is C17H20FN3O2S2. The summed E-state index contributed by atoms with van der Waals surface area (Å²) in [5.74, 6) is -0.278. The van der Waals surface area contributed by atoms with Crippen LogP contribution in [0.2, 0.25) is 0 Å². The molecule has 0 radical (unpaired) electrons. The molecule has 2 rings (SSSR count). The van der Waals surface area contributed by atoms with Gasteiger partial charge in [-0.3, -0.25) is 0 Å². The summed E-state index contributed by atoms with van der Waals surface area (Å²) in [5.41, 5.74) is 1.82. The molecule has 0 aromatic heterocycles. The summed E-state index contributed by atoms with van der Waals surface area (Å²) in [5, 5.41) is 8.76. The van der Waals surface area contributed by atoms with E-state index < -0.39 is 10.0 Å². The number of nitrogens with one attached hydrogen (secondary N) is 1. The van der Waals surface area contributed by atoms with Gasteiger partial charge in [-0.15, -0.1) is 0 Å². The van der Waals surface area contributed by atoms with Gasteiger partial charge in [0.2, 0.25) is 10.0 Å². The van der Waals surface area contributed by atoms with Crippen LogP contribution in [0.1, 0.15) is 24.1 Å². The van der Waals surface area contributed by atoms with Gasteiger partial charge in [0.15, 0.2) is 5.11 Å². The Labute approximate surface area is 152 Å².